The molecule has 0 bridgehead atoms. The van der Waals surface area contributed by atoms with Crippen LogP contribution >= 0.6 is 27.3 Å². The van der Waals surface area contributed by atoms with E-state index in [1.165, 1.54) is 28.0 Å². The van der Waals surface area contributed by atoms with Gasteiger partial charge in [0.2, 0.25) is 6.79 Å². The molecular weight excluding hydrogens is 652 g/mol. The number of hydrogen-bond donors (Lipinski definition) is 1. The number of nitrogens with zero attached hydrogens (tertiary/aromatic N) is 2. The molecule has 0 fully saturated rings. The van der Waals surface area contributed by atoms with Gasteiger partial charge in [-0.2, -0.15) is 0 Å². The lowest BCUT2D eigenvalue weighted by Crippen LogP contribution is -2.39. The number of carbonyl (C=O) groups is 2. The van der Waals surface area contributed by atoms with E-state index in [4.69, 9.17) is 24.1 Å². The van der Waals surface area contributed by atoms with Gasteiger partial charge in [0.15, 0.2) is 16.3 Å². The molecule has 6 rings (SSSR count). The molecule has 0 saturated heterocycles. The molecule has 2 aliphatic heterocycles. The zero-order chi connectivity index (χ0) is 31.0. The fraction of sp³-hybridized carbons (Fsp3) is 0.188. The second-order valence-corrected chi connectivity index (χ2v) is 11.8. The molecule has 10 nitrogen and oxygen atoms in total. The summed E-state index contributed by atoms with van der Waals surface area (Å²) in [5.74, 6) is 0.188. The number of carboxylic acid groups (broad SMARTS) is 1. The molecule has 3 aromatic carbocycles. The summed E-state index contributed by atoms with van der Waals surface area (Å²) in [7, 11) is 0. The molecule has 0 spiro atoms. The van der Waals surface area contributed by atoms with E-state index < -0.39 is 18.0 Å². The first-order chi connectivity index (χ1) is 21.2. The summed E-state index contributed by atoms with van der Waals surface area (Å²) in [5.41, 5.74) is 2.90. The normalized spacial score (nSPS) is 15.5. The first kappa shape index (κ1) is 29.4. The van der Waals surface area contributed by atoms with Crippen molar-refractivity contribution < 1.29 is 33.6 Å². The quantitative estimate of drug-likeness (QED) is 0.269. The third kappa shape index (κ3) is 5.65. The molecular formula is C32H25BrN2O8S. The molecule has 4 aromatic rings. The molecule has 224 valence electrons. The first-order valence-electron chi connectivity index (χ1n) is 13.6. The monoisotopic (exact) mass is 676 g/mol. The zero-order valence-corrected chi connectivity index (χ0v) is 25.9. The van der Waals surface area contributed by atoms with Gasteiger partial charge in [-0.1, -0.05) is 35.6 Å². The van der Waals surface area contributed by atoms with E-state index in [9.17, 15) is 14.4 Å². The number of esters is 1. The van der Waals surface area contributed by atoms with Crippen LogP contribution in [-0.2, 0) is 16.1 Å². The van der Waals surface area contributed by atoms with E-state index in [0.29, 0.717) is 42.3 Å². The van der Waals surface area contributed by atoms with Gasteiger partial charge in [0.05, 0.1) is 38.5 Å². The van der Waals surface area contributed by atoms with Crippen LogP contribution in [0, 0.1) is 0 Å². The number of carboxylic acids is 1. The van der Waals surface area contributed by atoms with Crippen LogP contribution in [0.5, 0.6) is 17.2 Å². The molecule has 0 amide bonds. The Kier molecular flexibility index (Phi) is 8.11. The van der Waals surface area contributed by atoms with Gasteiger partial charge in [-0.25, -0.2) is 14.6 Å². The topological polar surface area (TPSA) is 126 Å². The minimum atomic E-state index is -0.985. The van der Waals surface area contributed by atoms with E-state index in [2.05, 4.69) is 20.9 Å². The molecule has 0 aliphatic carbocycles. The Bertz CT molecular complexity index is 2010. The van der Waals surface area contributed by atoms with Crippen molar-refractivity contribution in [3.8, 4) is 17.2 Å². The summed E-state index contributed by atoms with van der Waals surface area (Å²) in [4.78, 5) is 43.2. The number of halogens is 1. The van der Waals surface area contributed by atoms with E-state index >= 15 is 0 Å². The van der Waals surface area contributed by atoms with Crippen LogP contribution in [0.15, 0.2) is 86.2 Å². The number of aromatic nitrogens is 1. The van der Waals surface area contributed by atoms with Crippen LogP contribution < -0.4 is 29.1 Å². The number of thiazole rings is 1. The highest BCUT2D eigenvalue weighted by Gasteiger charge is 2.34. The lowest BCUT2D eigenvalue weighted by molar-refractivity contribution is -0.139. The van der Waals surface area contributed by atoms with Crippen molar-refractivity contribution in [2.45, 2.75) is 26.5 Å². The van der Waals surface area contributed by atoms with Gasteiger partial charge in [0, 0.05) is 0 Å². The minimum Gasteiger partial charge on any atom is -0.488 e. The Hall–Kier alpha value is -4.68. The summed E-state index contributed by atoms with van der Waals surface area (Å²) >= 11 is 4.78. The minimum absolute atomic E-state index is 0.0976. The smallest absolute Gasteiger partial charge is 0.338 e. The lowest BCUT2D eigenvalue weighted by atomic mass is 9.95. The van der Waals surface area contributed by atoms with Crippen LogP contribution in [0.25, 0.3) is 6.08 Å². The molecule has 1 aromatic heterocycles. The second-order valence-electron chi connectivity index (χ2n) is 9.90. The molecule has 2 aliphatic rings. The number of carbonyl (C=O) groups excluding carboxylic acids is 1. The van der Waals surface area contributed by atoms with Crippen molar-refractivity contribution in [1.29, 1.82) is 0 Å². The van der Waals surface area contributed by atoms with Crippen molar-refractivity contribution in [1.82, 2.24) is 4.57 Å². The Morgan fingerprint density at radius 1 is 1.11 bits per heavy atom. The van der Waals surface area contributed by atoms with E-state index in [1.54, 1.807) is 50.3 Å². The maximum atomic E-state index is 13.9. The van der Waals surface area contributed by atoms with Crippen molar-refractivity contribution >= 4 is 45.3 Å². The average Bonchev–Trinajstić information content (AvgIpc) is 3.59. The van der Waals surface area contributed by atoms with Crippen LogP contribution in [0.3, 0.4) is 0 Å². The van der Waals surface area contributed by atoms with E-state index in [-0.39, 0.29) is 36.7 Å². The highest BCUT2D eigenvalue weighted by atomic mass is 79.9. The highest BCUT2D eigenvalue weighted by Crippen LogP contribution is 2.38. The summed E-state index contributed by atoms with van der Waals surface area (Å²) in [5, 5.41) is 9.08. The van der Waals surface area contributed by atoms with Crippen molar-refractivity contribution in [2.24, 2.45) is 4.99 Å². The van der Waals surface area contributed by atoms with Gasteiger partial charge in [0.1, 0.15) is 12.4 Å². The van der Waals surface area contributed by atoms with E-state index in [1.807, 2.05) is 18.2 Å². The van der Waals surface area contributed by atoms with Crippen LogP contribution in [0.4, 0.5) is 0 Å². The number of hydrogen-bond acceptors (Lipinski definition) is 9. The Balaban J connectivity index is 1.33. The maximum Gasteiger partial charge on any atom is 0.338 e. The lowest BCUT2D eigenvalue weighted by Gasteiger charge is -2.24. The molecule has 1 N–H and O–H groups in total. The third-order valence-electron chi connectivity index (χ3n) is 7.08. The van der Waals surface area contributed by atoms with Gasteiger partial charge >= 0.3 is 11.9 Å². The summed E-state index contributed by atoms with van der Waals surface area (Å²) in [6.45, 7) is 3.99. The summed E-state index contributed by atoms with van der Waals surface area (Å²) in [6.07, 6.45) is 1.77. The van der Waals surface area contributed by atoms with Gasteiger partial charge in [-0.05, 0) is 88.9 Å². The highest BCUT2D eigenvalue weighted by molar-refractivity contribution is 9.10. The summed E-state index contributed by atoms with van der Waals surface area (Å²) in [6, 6.07) is 16.5. The number of fused-ring (bicyclic) bond motifs is 2. The molecule has 0 saturated carbocycles. The van der Waals surface area contributed by atoms with Crippen LogP contribution in [-0.4, -0.2) is 35.0 Å². The SMILES string of the molecule is CCOC(=O)C1=C(C)N=c2s/c(=C/c3ccc(OCc4ccc(C(=O)O)cc4)c(Br)c3)c(=O)n2[C@H]1c1ccc2c(c1)OCO2. The number of ether oxygens (including phenoxy) is 4. The van der Waals surface area contributed by atoms with Gasteiger partial charge in [-0.15, -0.1) is 0 Å². The second kappa shape index (κ2) is 12.1. The third-order valence-corrected chi connectivity index (χ3v) is 8.68. The van der Waals surface area contributed by atoms with Crippen LogP contribution in [0.2, 0.25) is 0 Å². The number of aromatic carboxylic acids is 1. The number of benzene rings is 3. The van der Waals surface area contributed by atoms with Crippen molar-refractivity contribution in [3.05, 3.63) is 118 Å². The van der Waals surface area contributed by atoms with Gasteiger partial charge in [-0.3, -0.25) is 9.36 Å². The summed E-state index contributed by atoms with van der Waals surface area (Å²) < 4.78 is 25.0. The Labute approximate surface area is 263 Å². The average molecular weight is 678 g/mol. The largest absolute Gasteiger partial charge is 0.488 e. The van der Waals surface area contributed by atoms with Gasteiger partial charge < -0.3 is 24.1 Å². The Morgan fingerprint density at radius 2 is 1.89 bits per heavy atom. The van der Waals surface area contributed by atoms with E-state index in [0.717, 1.165) is 11.1 Å². The van der Waals surface area contributed by atoms with Crippen LogP contribution in [0.1, 0.15) is 46.9 Å². The number of allylic oxidation sites excluding steroid dienone is 1. The Morgan fingerprint density at radius 3 is 2.61 bits per heavy atom. The fourth-order valence-electron chi connectivity index (χ4n) is 4.97. The predicted octanol–water partition coefficient (Wildman–Crippen LogP) is 4.57. The zero-order valence-electron chi connectivity index (χ0n) is 23.5. The molecule has 0 radical (unpaired) electrons. The molecule has 44 heavy (non-hydrogen) atoms. The molecule has 1 atom stereocenters. The fourth-order valence-corrected chi connectivity index (χ4v) is 6.53. The predicted molar refractivity (Wildman–Crippen MR) is 165 cm³/mol. The van der Waals surface area contributed by atoms with Crippen molar-refractivity contribution in [3.63, 3.8) is 0 Å². The van der Waals surface area contributed by atoms with Gasteiger partial charge in [0.25, 0.3) is 5.56 Å². The standard InChI is InChI=1S/C32H25BrN2O8S/c1-3-40-31(39)27-17(2)34-32-35(28(27)21-9-11-24-25(14-21)43-16-42-24)29(36)26(44-32)13-19-6-10-23(22(33)12-19)41-15-18-4-7-20(8-5-18)30(37)38/h4-14,28H,3,15-16H2,1-2H3,(H,37,38)/b26-13+/t28-/m0/s1. The maximum absolute atomic E-state index is 13.9. The first-order valence-corrected chi connectivity index (χ1v) is 15.2. The molecule has 12 heteroatoms. The molecule has 0 unspecified atom stereocenters. The van der Waals surface area contributed by atoms with Crippen molar-refractivity contribution in [2.75, 3.05) is 13.4 Å². The number of rotatable bonds is 8. The molecule has 3 heterocycles.